The van der Waals surface area contributed by atoms with E-state index in [4.69, 9.17) is 9.47 Å². The van der Waals surface area contributed by atoms with Crippen LogP contribution in [0.25, 0.3) is 0 Å². The number of carbonyl (C=O) groups is 1. The minimum Gasteiger partial charge on any atom is -0.497 e. The Hall–Kier alpha value is -2.57. The number of ether oxygens (including phenoxy) is 2. The summed E-state index contributed by atoms with van der Waals surface area (Å²) in [4.78, 5) is 17.5. The Bertz CT molecular complexity index is 845. The van der Waals surface area contributed by atoms with Crippen LogP contribution >= 0.6 is 0 Å². The van der Waals surface area contributed by atoms with Gasteiger partial charge in [-0.1, -0.05) is 0 Å². The second-order valence-electron chi connectivity index (χ2n) is 8.44. The average Bonchev–Trinajstić information content (AvgIpc) is 2.84. The molecule has 0 spiro atoms. The standard InChI is InChI=1S/C25H33N3O3/c1-30-23-11-5-19(6-12-23)25(29)26-20-7-9-21(10-8-20)27-16-13-22(14-17-27)28-15-3-4-24(18-28)31-2/h5-12,22,24H,3-4,13-18H2,1-2H3,(H,26,29). The zero-order chi connectivity index (χ0) is 21.6. The lowest BCUT2D eigenvalue weighted by Crippen LogP contribution is -2.50. The van der Waals surface area contributed by atoms with E-state index in [-0.39, 0.29) is 5.91 Å². The highest BCUT2D eigenvalue weighted by atomic mass is 16.5. The van der Waals surface area contributed by atoms with E-state index in [0.717, 1.165) is 31.1 Å². The quantitative estimate of drug-likeness (QED) is 0.760. The van der Waals surface area contributed by atoms with Crippen molar-refractivity contribution in [2.45, 2.75) is 37.8 Å². The Morgan fingerprint density at radius 1 is 0.935 bits per heavy atom. The second-order valence-corrected chi connectivity index (χ2v) is 8.44. The molecule has 1 unspecified atom stereocenters. The number of likely N-dealkylation sites (tertiary alicyclic amines) is 1. The highest BCUT2D eigenvalue weighted by Crippen LogP contribution is 2.26. The molecule has 4 rings (SSSR count). The van der Waals surface area contributed by atoms with Crippen molar-refractivity contribution < 1.29 is 14.3 Å². The number of hydrogen-bond donors (Lipinski definition) is 1. The first-order valence-electron chi connectivity index (χ1n) is 11.2. The molecule has 0 saturated carbocycles. The molecule has 2 fully saturated rings. The van der Waals surface area contributed by atoms with Gasteiger partial charge in [0.15, 0.2) is 0 Å². The van der Waals surface area contributed by atoms with Crippen molar-refractivity contribution in [3.8, 4) is 5.75 Å². The fourth-order valence-corrected chi connectivity index (χ4v) is 4.68. The van der Waals surface area contributed by atoms with E-state index in [1.807, 2.05) is 19.2 Å². The van der Waals surface area contributed by atoms with E-state index >= 15 is 0 Å². The van der Waals surface area contributed by atoms with Crippen molar-refractivity contribution in [3.63, 3.8) is 0 Å². The molecule has 0 bridgehead atoms. The summed E-state index contributed by atoms with van der Waals surface area (Å²) >= 11 is 0. The molecule has 0 radical (unpaired) electrons. The lowest BCUT2D eigenvalue weighted by molar-refractivity contribution is 0.0102. The maximum Gasteiger partial charge on any atom is 0.255 e. The van der Waals surface area contributed by atoms with Crippen molar-refractivity contribution in [1.29, 1.82) is 0 Å². The van der Waals surface area contributed by atoms with E-state index < -0.39 is 0 Å². The number of anilines is 2. The molecule has 2 aromatic rings. The monoisotopic (exact) mass is 423 g/mol. The molecule has 2 heterocycles. The lowest BCUT2D eigenvalue weighted by Gasteiger charge is -2.42. The number of methoxy groups -OCH3 is 2. The Morgan fingerprint density at radius 2 is 1.65 bits per heavy atom. The molecule has 1 atom stereocenters. The second kappa shape index (κ2) is 10.2. The predicted molar refractivity (Wildman–Crippen MR) is 124 cm³/mol. The molecule has 166 valence electrons. The topological polar surface area (TPSA) is 54.0 Å². The first-order valence-corrected chi connectivity index (χ1v) is 11.2. The number of nitrogens with zero attached hydrogens (tertiary/aromatic N) is 2. The van der Waals surface area contributed by atoms with Gasteiger partial charge in [-0.05, 0) is 80.8 Å². The number of hydrogen-bond acceptors (Lipinski definition) is 5. The summed E-state index contributed by atoms with van der Waals surface area (Å²) in [5.74, 6) is 0.621. The van der Waals surface area contributed by atoms with Gasteiger partial charge in [0.25, 0.3) is 5.91 Å². The minimum absolute atomic E-state index is 0.118. The highest BCUT2D eigenvalue weighted by molar-refractivity contribution is 6.04. The third kappa shape index (κ3) is 5.38. The van der Waals surface area contributed by atoms with Crippen LogP contribution < -0.4 is 15.0 Å². The smallest absolute Gasteiger partial charge is 0.255 e. The van der Waals surface area contributed by atoms with Crippen LogP contribution in [0.2, 0.25) is 0 Å². The molecule has 2 saturated heterocycles. The first kappa shape index (κ1) is 21.7. The van der Waals surface area contributed by atoms with Gasteiger partial charge in [0, 0.05) is 49.7 Å². The van der Waals surface area contributed by atoms with Crippen molar-refractivity contribution >= 4 is 17.3 Å². The average molecular weight is 424 g/mol. The summed E-state index contributed by atoms with van der Waals surface area (Å²) in [6.07, 6.45) is 5.20. The van der Waals surface area contributed by atoms with Gasteiger partial charge in [-0.25, -0.2) is 0 Å². The van der Waals surface area contributed by atoms with E-state index in [1.54, 1.807) is 31.4 Å². The molecule has 1 N–H and O–H groups in total. The van der Waals surface area contributed by atoms with Crippen LogP contribution in [-0.4, -0.2) is 63.4 Å². The number of nitrogens with one attached hydrogen (secondary N) is 1. The molecule has 2 aliphatic heterocycles. The zero-order valence-corrected chi connectivity index (χ0v) is 18.5. The summed E-state index contributed by atoms with van der Waals surface area (Å²) < 4.78 is 10.7. The van der Waals surface area contributed by atoms with Gasteiger partial charge < -0.3 is 19.7 Å². The van der Waals surface area contributed by atoms with Crippen molar-refractivity contribution in [1.82, 2.24) is 4.90 Å². The van der Waals surface area contributed by atoms with Gasteiger partial charge in [0.2, 0.25) is 0 Å². The summed E-state index contributed by atoms with van der Waals surface area (Å²) in [7, 11) is 3.45. The Kier molecular flexibility index (Phi) is 7.10. The Labute approximate surface area is 185 Å². The van der Waals surface area contributed by atoms with Gasteiger partial charge in [-0.3, -0.25) is 9.69 Å². The van der Waals surface area contributed by atoms with Crippen molar-refractivity contribution in [2.24, 2.45) is 0 Å². The Morgan fingerprint density at radius 3 is 2.29 bits per heavy atom. The third-order valence-corrected chi connectivity index (χ3v) is 6.57. The van der Waals surface area contributed by atoms with E-state index in [9.17, 15) is 4.79 Å². The normalized spacial score (nSPS) is 20.5. The molecule has 2 aromatic carbocycles. The SMILES string of the molecule is COc1ccc(C(=O)Nc2ccc(N3CCC(N4CCCC(OC)C4)CC3)cc2)cc1. The maximum absolute atomic E-state index is 12.5. The van der Waals surface area contributed by atoms with Gasteiger partial charge in [0.05, 0.1) is 13.2 Å². The van der Waals surface area contributed by atoms with Crippen LogP contribution in [0.15, 0.2) is 48.5 Å². The van der Waals surface area contributed by atoms with E-state index in [1.165, 1.54) is 37.9 Å². The molecular formula is C25H33N3O3. The molecule has 6 heteroatoms. The molecule has 0 aromatic heterocycles. The third-order valence-electron chi connectivity index (χ3n) is 6.57. The van der Waals surface area contributed by atoms with Crippen LogP contribution in [-0.2, 0) is 4.74 Å². The molecular weight excluding hydrogens is 390 g/mol. The van der Waals surface area contributed by atoms with Crippen LogP contribution in [0.3, 0.4) is 0 Å². The number of rotatable bonds is 6. The number of piperidine rings is 2. The van der Waals surface area contributed by atoms with Gasteiger partial charge in [-0.15, -0.1) is 0 Å². The van der Waals surface area contributed by atoms with Crippen molar-refractivity contribution in [2.75, 3.05) is 50.6 Å². The van der Waals surface area contributed by atoms with Crippen LogP contribution in [0, 0.1) is 0 Å². The Balaban J connectivity index is 1.29. The van der Waals surface area contributed by atoms with E-state index in [0.29, 0.717) is 17.7 Å². The molecule has 6 nitrogen and oxygen atoms in total. The zero-order valence-electron chi connectivity index (χ0n) is 18.5. The minimum atomic E-state index is -0.118. The van der Waals surface area contributed by atoms with Gasteiger partial charge in [0.1, 0.15) is 5.75 Å². The largest absolute Gasteiger partial charge is 0.497 e. The summed E-state index contributed by atoms with van der Waals surface area (Å²) in [6.45, 7) is 4.41. The molecule has 31 heavy (non-hydrogen) atoms. The fraction of sp³-hybridized carbons (Fsp3) is 0.480. The highest BCUT2D eigenvalue weighted by Gasteiger charge is 2.28. The van der Waals surface area contributed by atoms with Crippen LogP contribution in [0.5, 0.6) is 5.75 Å². The van der Waals surface area contributed by atoms with Crippen LogP contribution in [0.4, 0.5) is 11.4 Å². The number of amides is 1. The van der Waals surface area contributed by atoms with Gasteiger partial charge >= 0.3 is 0 Å². The summed E-state index contributed by atoms with van der Waals surface area (Å²) in [6, 6.07) is 16.0. The van der Waals surface area contributed by atoms with Crippen LogP contribution in [0.1, 0.15) is 36.0 Å². The summed E-state index contributed by atoms with van der Waals surface area (Å²) in [5.41, 5.74) is 2.63. The van der Waals surface area contributed by atoms with Gasteiger partial charge in [-0.2, -0.15) is 0 Å². The predicted octanol–water partition coefficient (Wildman–Crippen LogP) is 4.03. The molecule has 2 aliphatic rings. The number of benzene rings is 2. The van der Waals surface area contributed by atoms with Crippen molar-refractivity contribution in [3.05, 3.63) is 54.1 Å². The maximum atomic E-state index is 12.5. The molecule has 0 aliphatic carbocycles. The molecule has 1 amide bonds. The number of carbonyl (C=O) groups excluding carboxylic acids is 1. The fourth-order valence-electron chi connectivity index (χ4n) is 4.68. The van der Waals surface area contributed by atoms with E-state index in [2.05, 4.69) is 27.2 Å². The lowest BCUT2D eigenvalue weighted by atomic mass is 9.98. The first-order chi connectivity index (χ1) is 15.2. The summed E-state index contributed by atoms with van der Waals surface area (Å²) in [5, 5.41) is 2.97.